The Morgan fingerprint density at radius 2 is 1.87 bits per heavy atom. The molecule has 3 heteroatoms. The summed E-state index contributed by atoms with van der Waals surface area (Å²) in [6, 6.07) is 5.75. The molecular formula is C12H15Cl3. The van der Waals surface area contributed by atoms with Gasteiger partial charge in [0, 0.05) is 5.38 Å². The first kappa shape index (κ1) is 13.2. The van der Waals surface area contributed by atoms with Crippen molar-refractivity contribution in [2.45, 2.75) is 32.1 Å². The van der Waals surface area contributed by atoms with Crippen LogP contribution < -0.4 is 0 Å². The second kappa shape index (κ2) is 5.98. The van der Waals surface area contributed by atoms with Crippen molar-refractivity contribution in [1.29, 1.82) is 0 Å². The molecule has 0 fully saturated rings. The van der Waals surface area contributed by atoms with E-state index in [2.05, 4.69) is 13.8 Å². The molecule has 84 valence electrons. The molecule has 0 aliphatic rings. The summed E-state index contributed by atoms with van der Waals surface area (Å²) in [6.45, 7) is 4.26. The van der Waals surface area contributed by atoms with Gasteiger partial charge >= 0.3 is 0 Å². The lowest BCUT2D eigenvalue weighted by atomic mass is 9.96. The van der Waals surface area contributed by atoms with Crippen LogP contribution in [-0.2, 0) is 6.42 Å². The van der Waals surface area contributed by atoms with E-state index in [9.17, 15) is 0 Å². The number of rotatable bonds is 4. The van der Waals surface area contributed by atoms with Crippen LogP contribution in [0.25, 0.3) is 0 Å². The maximum absolute atomic E-state index is 6.18. The highest BCUT2D eigenvalue weighted by molar-refractivity contribution is 6.42. The van der Waals surface area contributed by atoms with Crippen LogP contribution in [0.3, 0.4) is 0 Å². The summed E-state index contributed by atoms with van der Waals surface area (Å²) in [4.78, 5) is 0. The zero-order valence-electron chi connectivity index (χ0n) is 8.93. The van der Waals surface area contributed by atoms with Gasteiger partial charge < -0.3 is 0 Å². The van der Waals surface area contributed by atoms with Crippen molar-refractivity contribution in [2.24, 2.45) is 5.92 Å². The van der Waals surface area contributed by atoms with Crippen LogP contribution in [0.5, 0.6) is 0 Å². The molecule has 15 heavy (non-hydrogen) atoms. The van der Waals surface area contributed by atoms with Crippen molar-refractivity contribution in [3.63, 3.8) is 0 Å². The molecule has 0 bridgehead atoms. The summed E-state index contributed by atoms with van der Waals surface area (Å²) in [5, 5.41) is 1.44. The first-order valence-electron chi connectivity index (χ1n) is 5.12. The monoisotopic (exact) mass is 264 g/mol. The lowest BCUT2D eigenvalue weighted by Gasteiger charge is -2.16. The molecule has 1 aromatic carbocycles. The van der Waals surface area contributed by atoms with Gasteiger partial charge in [-0.2, -0.15) is 0 Å². The van der Waals surface area contributed by atoms with E-state index in [1.807, 2.05) is 18.2 Å². The van der Waals surface area contributed by atoms with Gasteiger partial charge in [-0.05, 0) is 36.5 Å². The van der Waals surface area contributed by atoms with Crippen LogP contribution in [0.2, 0.25) is 10.0 Å². The maximum Gasteiger partial charge on any atom is 0.0595 e. The zero-order valence-corrected chi connectivity index (χ0v) is 11.2. The smallest absolute Gasteiger partial charge is 0.0595 e. The van der Waals surface area contributed by atoms with E-state index in [1.165, 1.54) is 5.56 Å². The Bertz CT molecular complexity index is 323. The summed E-state index contributed by atoms with van der Waals surface area (Å²) in [7, 11) is 0. The standard InChI is InChI=1S/C12H15Cl3/c1-3-10(13)8(2)6-9-4-5-11(14)12(15)7-9/h4-5,7-8,10H,3,6H2,1-2H3. The Hall–Kier alpha value is 0.0900. The van der Waals surface area contributed by atoms with Gasteiger partial charge in [0.05, 0.1) is 10.0 Å². The Labute approximate surface area is 107 Å². The molecule has 0 radical (unpaired) electrons. The first-order valence-corrected chi connectivity index (χ1v) is 6.31. The molecule has 0 nitrogen and oxygen atoms in total. The minimum atomic E-state index is 0.222. The molecule has 2 atom stereocenters. The fourth-order valence-corrected chi connectivity index (χ4v) is 1.98. The minimum absolute atomic E-state index is 0.222. The molecule has 0 spiro atoms. The van der Waals surface area contributed by atoms with Crippen molar-refractivity contribution < 1.29 is 0 Å². The lowest BCUT2D eigenvalue weighted by molar-refractivity contribution is 0.531. The Morgan fingerprint density at radius 3 is 2.40 bits per heavy atom. The van der Waals surface area contributed by atoms with Gasteiger partial charge in [0.2, 0.25) is 0 Å². The molecule has 0 heterocycles. The zero-order chi connectivity index (χ0) is 11.4. The fraction of sp³-hybridized carbons (Fsp3) is 0.500. The number of benzene rings is 1. The van der Waals surface area contributed by atoms with Gasteiger partial charge in [-0.3, -0.25) is 0 Å². The largest absolute Gasteiger partial charge is 0.123 e. The van der Waals surface area contributed by atoms with Crippen LogP contribution in [0, 0.1) is 5.92 Å². The average Bonchev–Trinajstić information content (AvgIpc) is 2.22. The quantitative estimate of drug-likeness (QED) is 0.657. The van der Waals surface area contributed by atoms with Crippen LogP contribution in [0.4, 0.5) is 0 Å². The summed E-state index contributed by atoms with van der Waals surface area (Å²) in [5.74, 6) is 0.453. The number of alkyl halides is 1. The van der Waals surface area contributed by atoms with Crippen molar-refractivity contribution >= 4 is 34.8 Å². The van der Waals surface area contributed by atoms with E-state index in [0.717, 1.165) is 12.8 Å². The summed E-state index contributed by atoms with van der Waals surface area (Å²) in [6.07, 6.45) is 1.93. The van der Waals surface area contributed by atoms with E-state index in [1.54, 1.807) is 0 Å². The SMILES string of the molecule is CCC(Cl)C(C)Cc1ccc(Cl)c(Cl)c1. The van der Waals surface area contributed by atoms with E-state index in [0.29, 0.717) is 16.0 Å². The molecule has 0 amide bonds. The topological polar surface area (TPSA) is 0 Å². The normalized spacial score (nSPS) is 15.0. The summed E-state index contributed by atoms with van der Waals surface area (Å²) < 4.78 is 0. The highest BCUT2D eigenvalue weighted by atomic mass is 35.5. The molecule has 0 saturated carbocycles. The number of hydrogen-bond acceptors (Lipinski definition) is 0. The van der Waals surface area contributed by atoms with Crippen molar-refractivity contribution in [3.8, 4) is 0 Å². The lowest BCUT2D eigenvalue weighted by Crippen LogP contribution is -2.12. The molecule has 0 aliphatic carbocycles. The van der Waals surface area contributed by atoms with Gasteiger partial charge in [-0.15, -0.1) is 11.6 Å². The molecule has 1 rings (SSSR count). The Balaban J connectivity index is 2.68. The number of halogens is 3. The summed E-state index contributed by atoms with van der Waals surface area (Å²) in [5.41, 5.74) is 1.19. The molecule has 0 aliphatic heterocycles. The van der Waals surface area contributed by atoms with Crippen molar-refractivity contribution in [3.05, 3.63) is 33.8 Å². The minimum Gasteiger partial charge on any atom is -0.123 e. The highest BCUT2D eigenvalue weighted by Crippen LogP contribution is 2.25. The second-order valence-corrected chi connectivity index (χ2v) is 5.23. The molecule has 0 N–H and O–H groups in total. The van der Waals surface area contributed by atoms with Crippen LogP contribution in [0.1, 0.15) is 25.8 Å². The Kier molecular flexibility index (Phi) is 5.25. The first-order chi connectivity index (χ1) is 7.04. The van der Waals surface area contributed by atoms with E-state index in [4.69, 9.17) is 34.8 Å². The van der Waals surface area contributed by atoms with Crippen LogP contribution in [-0.4, -0.2) is 5.38 Å². The fourth-order valence-electron chi connectivity index (χ4n) is 1.57. The van der Waals surface area contributed by atoms with Gasteiger partial charge in [0.25, 0.3) is 0 Å². The van der Waals surface area contributed by atoms with E-state index in [-0.39, 0.29) is 5.38 Å². The van der Waals surface area contributed by atoms with Crippen molar-refractivity contribution in [1.82, 2.24) is 0 Å². The molecule has 2 unspecified atom stereocenters. The predicted octanol–water partition coefficient (Wildman–Crippen LogP) is 5.19. The highest BCUT2D eigenvalue weighted by Gasteiger charge is 2.13. The molecule has 0 aromatic heterocycles. The molecule has 1 aromatic rings. The predicted molar refractivity (Wildman–Crippen MR) is 69.3 cm³/mol. The third-order valence-electron chi connectivity index (χ3n) is 2.55. The second-order valence-electron chi connectivity index (χ2n) is 3.85. The maximum atomic E-state index is 6.18. The molecule has 0 saturated heterocycles. The van der Waals surface area contributed by atoms with Gasteiger partial charge in [0.1, 0.15) is 0 Å². The van der Waals surface area contributed by atoms with Crippen LogP contribution >= 0.6 is 34.8 Å². The third-order valence-corrected chi connectivity index (χ3v) is 4.03. The Morgan fingerprint density at radius 1 is 1.20 bits per heavy atom. The molecular weight excluding hydrogens is 250 g/mol. The summed E-state index contributed by atoms with van der Waals surface area (Å²) >= 11 is 18.0. The van der Waals surface area contributed by atoms with E-state index >= 15 is 0 Å². The number of hydrogen-bond donors (Lipinski definition) is 0. The van der Waals surface area contributed by atoms with Crippen molar-refractivity contribution in [2.75, 3.05) is 0 Å². The van der Waals surface area contributed by atoms with Crippen LogP contribution in [0.15, 0.2) is 18.2 Å². The average molecular weight is 266 g/mol. The van der Waals surface area contributed by atoms with E-state index < -0.39 is 0 Å². The van der Waals surface area contributed by atoms with Gasteiger partial charge in [-0.25, -0.2) is 0 Å². The third kappa shape index (κ3) is 3.86. The van der Waals surface area contributed by atoms with Gasteiger partial charge in [-0.1, -0.05) is 43.1 Å². The van der Waals surface area contributed by atoms with Gasteiger partial charge in [0.15, 0.2) is 0 Å².